The van der Waals surface area contributed by atoms with Crippen molar-refractivity contribution < 1.29 is 9.57 Å². The van der Waals surface area contributed by atoms with E-state index in [9.17, 15) is 0 Å². The van der Waals surface area contributed by atoms with E-state index in [1.54, 1.807) is 0 Å². The van der Waals surface area contributed by atoms with Crippen LogP contribution in [0.5, 0.6) is 5.75 Å². The number of nitrogens with zero attached hydrogens (tertiary/aromatic N) is 2. The van der Waals surface area contributed by atoms with Gasteiger partial charge < -0.3 is 16.2 Å². The van der Waals surface area contributed by atoms with Gasteiger partial charge >= 0.3 is 0 Å². The molecule has 7 nitrogen and oxygen atoms in total. The minimum absolute atomic E-state index is 0.0672. The fourth-order valence-electron chi connectivity index (χ4n) is 1.40. The zero-order chi connectivity index (χ0) is 15.5. The Kier molecular flexibility index (Phi) is 7.67. The Hall–Kier alpha value is -2.28. The van der Waals surface area contributed by atoms with Crippen molar-refractivity contribution in [3.63, 3.8) is 0 Å². The molecule has 1 aromatic carbocycles. The summed E-state index contributed by atoms with van der Waals surface area (Å²) in [5, 5.41) is 0. The molecule has 0 spiro atoms. The number of benzene rings is 1. The van der Waals surface area contributed by atoms with Crippen LogP contribution in [-0.2, 0) is 4.84 Å². The lowest BCUT2D eigenvalue weighted by molar-refractivity contribution is 0.0739. The number of rotatable bonds is 7. The number of ether oxygens (including phenoxy) is 1. The van der Waals surface area contributed by atoms with Crippen LogP contribution in [0.3, 0.4) is 0 Å². The first-order chi connectivity index (χ1) is 10.1. The van der Waals surface area contributed by atoms with Crippen molar-refractivity contribution in [1.82, 2.24) is 5.48 Å². The van der Waals surface area contributed by atoms with Crippen LogP contribution >= 0.6 is 0 Å². The van der Waals surface area contributed by atoms with E-state index >= 15 is 0 Å². The average molecular weight is 293 g/mol. The van der Waals surface area contributed by atoms with E-state index in [1.165, 1.54) is 0 Å². The monoisotopic (exact) mass is 293 g/mol. The summed E-state index contributed by atoms with van der Waals surface area (Å²) in [7, 11) is 0. The topological polar surface area (TPSA) is 107 Å². The van der Waals surface area contributed by atoms with Crippen LogP contribution in [0.25, 0.3) is 0 Å². The molecule has 0 heterocycles. The molecule has 0 unspecified atom stereocenters. The quantitative estimate of drug-likeness (QED) is 0.301. The molecule has 0 fully saturated rings. The summed E-state index contributed by atoms with van der Waals surface area (Å²) in [5.41, 5.74) is 13.6. The van der Waals surface area contributed by atoms with Gasteiger partial charge in [0.1, 0.15) is 5.75 Å². The maximum atomic E-state index is 5.58. The SMILES string of the molecule is CC(C)N=C(N)/N=C(/N)NOCCCOc1ccccc1. The molecule has 0 atom stereocenters. The number of hydrogen-bond acceptors (Lipinski definition) is 3. The summed E-state index contributed by atoms with van der Waals surface area (Å²) in [5.74, 6) is 1.02. The third-order valence-corrected chi connectivity index (χ3v) is 2.20. The van der Waals surface area contributed by atoms with Gasteiger partial charge in [0.05, 0.1) is 13.2 Å². The maximum absolute atomic E-state index is 5.58. The lowest BCUT2D eigenvalue weighted by Crippen LogP contribution is -2.34. The maximum Gasteiger partial charge on any atom is 0.221 e. The number of nitrogens with two attached hydrogens (primary N) is 2. The Morgan fingerprint density at radius 3 is 2.57 bits per heavy atom. The Morgan fingerprint density at radius 2 is 1.90 bits per heavy atom. The molecule has 0 bridgehead atoms. The Bertz CT molecular complexity index is 460. The van der Waals surface area contributed by atoms with Crippen molar-refractivity contribution in [3.8, 4) is 5.75 Å². The Labute approximate surface area is 125 Å². The largest absolute Gasteiger partial charge is 0.494 e. The molecule has 0 radical (unpaired) electrons. The van der Waals surface area contributed by atoms with Crippen LogP contribution in [0.2, 0.25) is 0 Å². The molecule has 0 aliphatic rings. The Morgan fingerprint density at radius 1 is 1.19 bits per heavy atom. The third-order valence-electron chi connectivity index (χ3n) is 2.20. The number of hydrogen-bond donors (Lipinski definition) is 3. The van der Waals surface area contributed by atoms with Crippen molar-refractivity contribution in [1.29, 1.82) is 0 Å². The molecule has 1 aromatic rings. The highest BCUT2D eigenvalue weighted by Gasteiger charge is 1.96. The highest BCUT2D eigenvalue weighted by atomic mass is 16.6. The van der Waals surface area contributed by atoms with Gasteiger partial charge in [-0.1, -0.05) is 18.2 Å². The molecular weight excluding hydrogens is 270 g/mol. The second-order valence-electron chi connectivity index (χ2n) is 4.54. The molecule has 0 amide bonds. The van der Waals surface area contributed by atoms with Crippen molar-refractivity contribution >= 4 is 11.9 Å². The van der Waals surface area contributed by atoms with Gasteiger partial charge in [0, 0.05) is 12.5 Å². The highest BCUT2D eigenvalue weighted by molar-refractivity contribution is 5.92. The zero-order valence-corrected chi connectivity index (χ0v) is 12.5. The van der Waals surface area contributed by atoms with E-state index in [1.807, 2.05) is 44.2 Å². The summed E-state index contributed by atoms with van der Waals surface area (Å²) < 4.78 is 5.51. The number of para-hydroxylation sites is 1. The highest BCUT2D eigenvalue weighted by Crippen LogP contribution is 2.08. The fraction of sp³-hybridized carbons (Fsp3) is 0.429. The first-order valence-electron chi connectivity index (χ1n) is 6.81. The van der Waals surface area contributed by atoms with Gasteiger partial charge in [0.15, 0.2) is 0 Å². The van der Waals surface area contributed by atoms with Crippen LogP contribution in [-0.4, -0.2) is 31.2 Å². The average Bonchev–Trinajstić information content (AvgIpc) is 2.42. The fourth-order valence-corrected chi connectivity index (χ4v) is 1.40. The van der Waals surface area contributed by atoms with Gasteiger partial charge in [-0.05, 0) is 26.0 Å². The standard InChI is InChI=1S/C14H23N5O2/c1-11(2)17-13(15)18-14(16)19-21-10-6-9-20-12-7-4-3-5-8-12/h3-5,7-8,11H,6,9-10H2,1-2H3,(H5,15,16,17,18,19). The summed E-state index contributed by atoms with van der Waals surface area (Å²) in [6.07, 6.45) is 0.713. The van der Waals surface area contributed by atoms with E-state index in [0.717, 1.165) is 5.75 Å². The van der Waals surface area contributed by atoms with E-state index < -0.39 is 0 Å². The van der Waals surface area contributed by atoms with Crippen molar-refractivity contribution in [2.24, 2.45) is 21.5 Å². The van der Waals surface area contributed by atoms with Crippen molar-refractivity contribution in [2.75, 3.05) is 13.2 Å². The summed E-state index contributed by atoms with van der Waals surface area (Å²) >= 11 is 0. The second kappa shape index (κ2) is 9.60. The first kappa shape index (κ1) is 16.8. The molecule has 0 saturated carbocycles. The van der Waals surface area contributed by atoms with E-state index in [-0.39, 0.29) is 18.0 Å². The number of nitrogens with one attached hydrogen (secondary N) is 1. The Balaban J connectivity index is 2.12. The minimum Gasteiger partial charge on any atom is -0.494 e. The smallest absolute Gasteiger partial charge is 0.221 e. The van der Waals surface area contributed by atoms with Crippen molar-refractivity contribution in [2.45, 2.75) is 26.3 Å². The molecular formula is C14H23N5O2. The molecule has 7 heteroatoms. The normalized spacial score (nSPS) is 12.5. The summed E-state index contributed by atoms with van der Waals surface area (Å²) in [6.45, 7) is 4.79. The van der Waals surface area contributed by atoms with Crippen molar-refractivity contribution in [3.05, 3.63) is 30.3 Å². The van der Waals surface area contributed by atoms with E-state index in [2.05, 4.69) is 15.5 Å². The van der Waals surface area contributed by atoms with Crippen LogP contribution in [0.4, 0.5) is 0 Å². The van der Waals surface area contributed by atoms with Gasteiger partial charge in [-0.15, -0.1) is 0 Å². The number of guanidine groups is 2. The first-order valence-corrected chi connectivity index (χ1v) is 6.81. The minimum atomic E-state index is 0.0672. The van der Waals surface area contributed by atoms with Crippen LogP contribution in [0.15, 0.2) is 40.3 Å². The molecule has 1 rings (SSSR count). The van der Waals surface area contributed by atoms with E-state index in [4.69, 9.17) is 21.0 Å². The van der Waals surface area contributed by atoms with Crippen LogP contribution < -0.4 is 21.7 Å². The molecule has 21 heavy (non-hydrogen) atoms. The molecule has 0 aliphatic carbocycles. The number of hydroxylamine groups is 1. The lowest BCUT2D eigenvalue weighted by Gasteiger charge is -2.07. The summed E-state index contributed by atoms with van der Waals surface area (Å²) in [6, 6.07) is 9.66. The molecule has 0 aromatic heterocycles. The number of aliphatic imine (C=N–C) groups is 2. The molecule has 5 N–H and O–H groups in total. The van der Waals surface area contributed by atoms with Gasteiger partial charge in [-0.3, -0.25) is 4.84 Å². The predicted octanol–water partition coefficient (Wildman–Crippen LogP) is 1.01. The lowest BCUT2D eigenvalue weighted by atomic mass is 10.3. The zero-order valence-electron chi connectivity index (χ0n) is 12.5. The van der Waals surface area contributed by atoms with E-state index in [0.29, 0.717) is 19.6 Å². The summed E-state index contributed by atoms with van der Waals surface area (Å²) in [4.78, 5) is 13.0. The van der Waals surface area contributed by atoms with Gasteiger partial charge in [0.25, 0.3) is 0 Å². The molecule has 116 valence electrons. The second-order valence-corrected chi connectivity index (χ2v) is 4.54. The van der Waals surface area contributed by atoms with Crippen LogP contribution in [0, 0.1) is 0 Å². The van der Waals surface area contributed by atoms with Gasteiger partial charge in [0.2, 0.25) is 11.9 Å². The molecule has 0 aliphatic heterocycles. The van der Waals surface area contributed by atoms with Crippen LogP contribution in [0.1, 0.15) is 20.3 Å². The van der Waals surface area contributed by atoms with Gasteiger partial charge in [-0.2, -0.15) is 4.99 Å². The predicted molar refractivity (Wildman–Crippen MR) is 84.0 cm³/mol. The third kappa shape index (κ3) is 8.48. The molecule has 0 saturated heterocycles. The van der Waals surface area contributed by atoms with Gasteiger partial charge in [-0.25, -0.2) is 10.5 Å².